The number of methoxy groups -OCH3 is 1. The Morgan fingerprint density at radius 2 is 2.39 bits per heavy atom. The topological polar surface area (TPSA) is 99.4 Å². The normalized spacial score (nSPS) is 22.8. The highest BCUT2D eigenvalue weighted by molar-refractivity contribution is 5.97. The van der Waals surface area contributed by atoms with Gasteiger partial charge < -0.3 is 15.2 Å². The third-order valence-corrected chi connectivity index (χ3v) is 2.77. The average Bonchev–Trinajstić information content (AvgIpc) is 2.76. The first-order valence-corrected chi connectivity index (χ1v) is 5.61. The molecule has 18 heavy (non-hydrogen) atoms. The Kier molecular flexibility index (Phi) is 3.44. The van der Waals surface area contributed by atoms with E-state index in [9.17, 15) is 4.79 Å². The number of carbonyl (C=O) groups is 1. The van der Waals surface area contributed by atoms with E-state index >= 15 is 0 Å². The molecule has 1 aliphatic rings. The molecule has 3 N–H and O–H groups in total. The first-order chi connectivity index (χ1) is 8.53. The van der Waals surface area contributed by atoms with Crippen LogP contribution in [0.15, 0.2) is 6.07 Å². The average molecular weight is 252 g/mol. The summed E-state index contributed by atoms with van der Waals surface area (Å²) in [5.74, 6) is 0.243. The maximum Gasteiger partial charge on any atom is 0.249 e. The molecule has 0 spiro atoms. The zero-order valence-electron chi connectivity index (χ0n) is 10.4. The van der Waals surface area contributed by atoms with E-state index < -0.39 is 5.54 Å². The van der Waals surface area contributed by atoms with Crippen molar-refractivity contribution in [1.82, 2.24) is 9.97 Å². The monoisotopic (exact) mass is 252 g/mol. The predicted molar refractivity (Wildman–Crippen MR) is 64.3 cm³/mol. The maximum atomic E-state index is 12.0. The minimum Gasteiger partial charge on any atom is -0.481 e. The molecule has 98 valence electrons. The fraction of sp³-hybridized carbons (Fsp3) is 0.545. The summed E-state index contributed by atoms with van der Waals surface area (Å²) in [6.07, 6.45) is 0.488. The van der Waals surface area contributed by atoms with Crippen molar-refractivity contribution in [3.8, 4) is 5.88 Å². The quantitative estimate of drug-likeness (QED) is 0.776. The molecular formula is C11H16N4O3. The summed E-state index contributed by atoms with van der Waals surface area (Å²) in [6, 6.07) is 1.67. The van der Waals surface area contributed by atoms with Crippen molar-refractivity contribution in [3.63, 3.8) is 0 Å². The molecule has 7 heteroatoms. The van der Waals surface area contributed by atoms with Crippen molar-refractivity contribution in [2.24, 2.45) is 5.73 Å². The Morgan fingerprint density at radius 3 is 3.00 bits per heavy atom. The molecule has 1 amide bonds. The molecule has 1 atom stereocenters. The number of amides is 1. The molecule has 2 heterocycles. The molecule has 1 unspecified atom stereocenters. The van der Waals surface area contributed by atoms with Gasteiger partial charge in [-0.1, -0.05) is 0 Å². The van der Waals surface area contributed by atoms with Gasteiger partial charge in [0.15, 0.2) is 0 Å². The fourth-order valence-corrected chi connectivity index (χ4v) is 1.69. The van der Waals surface area contributed by atoms with Crippen LogP contribution in [0.25, 0.3) is 0 Å². The molecule has 1 saturated heterocycles. The Labute approximate surface area is 105 Å². The van der Waals surface area contributed by atoms with Crippen LogP contribution < -0.4 is 15.8 Å². The lowest BCUT2D eigenvalue weighted by Gasteiger charge is -2.19. The van der Waals surface area contributed by atoms with Gasteiger partial charge in [0.05, 0.1) is 13.7 Å². The van der Waals surface area contributed by atoms with Crippen LogP contribution in [0.1, 0.15) is 12.1 Å². The summed E-state index contributed by atoms with van der Waals surface area (Å²) in [7, 11) is 1.50. The minimum atomic E-state index is -1.000. The Hall–Kier alpha value is -1.73. The van der Waals surface area contributed by atoms with Gasteiger partial charge in [-0.05, 0) is 13.3 Å². The maximum absolute atomic E-state index is 12.0. The minimum absolute atomic E-state index is 0.188. The number of nitrogens with one attached hydrogen (secondary N) is 1. The Morgan fingerprint density at radius 1 is 1.61 bits per heavy atom. The molecule has 1 aromatic rings. The molecule has 0 radical (unpaired) electrons. The molecule has 0 saturated carbocycles. The van der Waals surface area contributed by atoms with Crippen LogP contribution in [0.3, 0.4) is 0 Å². The summed E-state index contributed by atoms with van der Waals surface area (Å²) in [5, 5.41) is 2.59. The molecule has 2 rings (SSSR count). The zero-order chi connectivity index (χ0) is 13.2. The van der Waals surface area contributed by atoms with Crippen LogP contribution in [0.2, 0.25) is 0 Å². The van der Waals surface area contributed by atoms with Gasteiger partial charge >= 0.3 is 0 Å². The van der Waals surface area contributed by atoms with Gasteiger partial charge in [-0.25, -0.2) is 4.98 Å². The van der Waals surface area contributed by atoms with Crippen LogP contribution in [0, 0.1) is 6.92 Å². The number of aromatic nitrogens is 2. The predicted octanol–water partition coefficient (Wildman–Crippen LogP) is -0.150. The van der Waals surface area contributed by atoms with Crippen LogP contribution in [-0.2, 0) is 9.53 Å². The second-order valence-corrected chi connectivity index (χ2v) is 4.29. The second-order valence-electron chi connectivity index (χ2n) is 4.29. The van der Waals surface area contributed by atoms with Gasteiger partial charge in [-0.3, -0.25) is 10.1 Å². The summed E-state index contributed by atoms with van der Waals surface area (Å²) in [4.78, 5) is 20.1. The standard InChI is InChI=1S/C11H16N4O3/c1-7-5-8(17-2)14-10(13-7)15-9(16)11(12)3-4-18-6-11/h5H,3-4,6,12H2,1-2H3,(H,13,14,15,16). The third kappa shape index (κ3) is 2.57. The van der Waals surface area contributed by atoms with E-state index in [1.165, 1.54) is 7.11 Å². The van der Waals surface area contributed by atoms with Gasteiger partial charge in [0.1, 0.15) is 5.54 Å². The van der Waals surface area contributed by atoms with Crippen LogP contribution in [0.5, 0.6) is 5.88 Å². The van der Waals surface area contributed by atoms with Crippen LogP contribution in [-0.4, -0.2) is 41.7 Å². The number of ether oxygens (including phenoxy) is 2. The number of nitrogens with zero attached hydrogens (tertiary/aromatic N) is 2. The molecule has 0 aromatic carbocycles. The third-order valence-electron chi connectivity index (χ3n) is 2.77. The molecule has 0 bridgehead atoms. The van der Waals surface area contributed by atoms with E-state index in [0.717, 1.165) is 0 Å². The van der Waals surface area contributed by atoms with E-state index in [0.29, 0.717) is 24.6 Å². The molecule has 1 fully saturated rings. The zero-order valence-corrected chi connectivity index (χ0v) is 10.4. The SMILES string of the molecule is COc1cc(C)nc(NC(=O)C2(N)CCOC2)n1. The largest absolute Gasteiger partial charge is 0.481 e. The first-order valence-electron chi connectivity index (χ1n) is 5.61. The Balaban J connectivity index is 2.13. The van der Waals surface area contributed by atoms with Crippen molar-refractivity contribution < 1.29 is 14.3 Å². The van der Waals surface area contributed by atoms with Gasteiger partial charge in [-0.15, -0.1) is 0 Å². The van der Waals surface area contributed by atoms with Crippen molar-refractivity contribution >= 4 is 11.9 Å². The van der Waals surface area contributed by atoms with E-state index in [1.807, 2.05) is 0 Å². The van der Waals surface area contributed by atoms with Crippen LogP contribution in [0.4, 0.5) is 5.95 Å². The summed E-state index contributed by atoms with van der Waals surface area (Å²) in [5.41, 5.74) is 5.64. The highest BCUT2D eigenvalue weighted by Crippen LogP contribution is 2.18. The summed E-state index contributed by atoms with van der Waals surface area (Å²) < 4.78 is 10.1. The van der Waals surface area contributed by atoms with Crippen molar-refractivity contribution in [2.45, 2.75) is 18.9 Å². The highest BCUT2D eigenvalue weighted by atomic mass is 16.5. The fourth-order valence-electron chi connectivity index (χ4n) is 1.69. The smallest absolute Gasteiger partial charge is 0.249 e. The molecule has 1 aliphatic heterocycles. The lowest BCUT2D eigenvalue weighted by molar-refractivity contribution is -0.121. The van der Waals surface area contributed by atoms with Crippen molar-refractivity contribution in [1.29, 1.82) is 0 Å². The highest BCUT2D eigenvalue weighted by Gasteiger charge is 2.38. The van der Waals surface area contributed by atoms with E-state index in [4.69, 9.17) is 15.2 Å². The lowest BCUT2D eigenvalue weighted by Crippen LogP contribution is -2.51. The lowest BCUT2D eigenvalue weighted by atomic mass is 9.99. The van der Waals surface area contributed by atoms with Gasteiger partial charge in [0.25, 0.3) is 0 Å². The van der Waals surface area contributed by atoms with E-state index in [1.54, 1.807) is 13.0 Å². The number of nitrogens with two attached hydrogens (primary N) is 1. The number of hydrogen-bond donors (Lipinski definition) is 2. The Bertz CT molecular complexity index is 458. The van der Waals surface area contributed by atoms with Gasteiger partial charge in [-0.2, -0.15) is 4.98 Å². The number of carbonyl (C=O) groups excluding carboxylic acids is 1. The number of anilines is 1. The molecule has 1 aromatic heterocycles. The number of rotatable bonds is 3. The van der Waals surface area contributed by atoms with Crippen molar-refractivity contribution in [3.05, 3.63) is 11.8 Å². The van der Waals surface area contributed by atoms with Crippen molar-refractivity contribution in [2.75, 3.05) is 25.6 Å². The van der Waals surface area contributed by atoms with Crippen LogP contribution >= 0.6 is 0 Å². The van der Waals surface area contributed by atoms with E-state index in [2.05, 4.69) is 15.3 Å². The van der Waals surface area contributed by atoms with Gasteiger partial charge in [0, 0.05) is 18.4 Å². The molecule has 7 nitrogen and oxygen atoms in total. The number of aryl methyl sites for hydroxylation is 1. The van der Waals surface area contributed by atoms with E-state index in [-0.39, 0.29) is 18.5 Å². The second kappa shape index (κ2) is 4.87. The van der Waals surface area contributed by atoms with Gasteiger partial charge in [0.2, 0.25) is 17.7 Å². The number of hydrogen-bond acceptors (Lipinski definition) is 6. The summed E-state index contributed by atoms with van der Waals surface area (Å²) in [6.45, 7) is 2.49. The molecule has 0 aliphatic carbocycles. The first kappa shape index (κ1) is 12.7. The summed E-state index contributed by atoms with van der Waals surface area (Å²) >= 11 is 0. The molecular weight excluding hydrogens is 236 g/mol.